The number of hydrogen-bond acceptors (Lipinski definition) is 3. The lowest BCUT2D eigenvalue weighted by molar-refractivity contribution is -0.123. The van der Waals surface area contributed by atoms with E-state index in [1.54, 1.807) is 0 Å². The fourth-order valence-electron chi connectivity index (χ4n) is 2.78. The minimum Gasteiger partial charge on any atom is -0.391 e. The van der Waals surface area contributed by atoms with Crippen molar-refractivity contribution in [3.05, 3.63) is 0 Å². The van der Waals surface area contributed by atoms with E-state index in [0.717, 1.165) is 19.3 Å². The molecular formula is C15H30N2O2. The largest absolute Gasteiger partial charge is 0.391 e. The second kappa shape index (κ2) is 9.32. The Hall–Kier alpha value is -0.610. The zero-order valence-corrected chi connectivity index (χ0v) is 12.2. The van der Waals surface area contributed by atoms with Crippen LogP contribution in [0.3, 0.4) is 0 Å². The Labute approximate surface area is 117 Å². The Morgan fingerprint density at radius 1 is 1.37 bits per heavy atom. The molecule has 1 aliphatic rings. The zero-order chi connectivity index (χ0) is 14.1. The van der Waals surface area contributed by atoms with E-state index >= 15 is 0 Å². The number of hydrogen-bond donors (Lipinski definition) is 3. The molecule has 0 radical (unpaired) electrons. The molecule has 0 aliphatic heterocycles. The minimum atomic E-state index is -0.705. The summed E-state index contributed by atoms with van der Waals surface area (Å²) in [6.45, 7) is 2.78. The van der Waals surface area contributed by atoms with Gasteiger partial charge in [-0.2, -0.15) is 0 Å². The van der Waals surface area contributed by atoms with Crippen LogP contribution in [-0.2, 0) is 4.79 Å². The van der Waals surface area contributed by atoms with E-state index in [0.29, 0.717) is 12.5 Å². The highest BCUT2D eigenvalue weighted by Gasteiger charge is 2.23. The monoisotopic (exact) mass is 270 g/mol. The average Bonchev–Trinajstić information content (AvgIpc) is 2.40. The van der Waals surface area contributed by atoms with Gasteiger partial charge in [0.05, 0.1) is 12.5 Å². The number of unbranched alkanes of at least 4 members (excludes halogenated alkanes) is 1. The van der Waals surface area contributed by atoms with E-state index in [9.17, 15) is 9.90 Å². The van der Waals surface area contributed by atoms with Crippen molar-refractivity contribution >= 4 is 5.91 Å². The number of nitrogens with one attached hydrogen (secondary N) is 1. The van der Waals surface area contributed by atoms with Gasteiger partial charge >= 0.3 is 0 Å². The van der Waals surface area contributed by atoms with Gasteiger partial charge in [-0.25, -0.2) is 0 Å². The Bertz CT molecular complexity index is 253. The Morgan fingerprint density at radius 2 is 2.05 bits per heavy atom. The molecule has 0 aromatic carbocycles. The highest BCUT2D eigenvalue weighted by Crippen LogP contribution is 2.27. The molecule has 1 amide bonds. The summed E-state index contributed by atoms with van der Waals surface area (Å²) in [6.07, 6.45) is 8.67. The van der Waals surface area contributed by atoms with Crippen LogP contribution in [0.15, 0.2) is 0 Å². The van der Waals surface area contributed by atoms with Crippen LogP contribution in [0.5, 0.6) is 0 Å². The molecule has 1 rings (SSSR count). The number of aliphatic hydroxyl groups is 1. The van der Waals surface area contributed by atoms with Crippen molar-refractivity contribution in [1.82, 2.24) is 5.32 Å². The van der Waals surface area contributed by atoms with Gasteiger partial charge in [0.15, 0.2) is 0 Å². The molecule has 4 nitrogen and oxygen atoms in total. The third-order valence-corrected chi connectivity index (χ3v) is 4.07. The summed E-state index contributed by atoms with van der Waals surface area (Å²) in [5.41, 5.74) is 6.02. The number of carbonyl (C=O) groups excluding carboxylic acids is 1. The smallest absolute Gasteiger partial charge is 0.222 e. The molecule has 1 saturated carbocycles. The summed E-state index contributed by atoms with van der Waals surface area (Å²) in [7, 11) is 0. The first-order valence-electron chi connectivity index (χ1n) is 7.83. The number of nitrogens with two attached hydrogens (primary N) is 1. The molecule has 1 aliphatic carbocycles. The van der Waals surface area contributed by atoms with Crippen molar-refractivity contribution in [2.24, 2.45) is 11.7 Å². The fraction of sp³-hybridized carbons (Fsp3) is 0.933. The summed E-state index contributed by atoms with van der Waals surface area (Å²) in [5, 5.41) is 12.8. The Balaban J connectivity index is 2.19. The topological polar surface area (TPSA) is 75.3 Å². The lowest BCUT2D eigenvalue weighted by Crippen LogP contribution is -2.40. The van der Waals surface area contributed by atoms with Gasteiger partial charge in [-0.15, -0.1) is 0 Å². The summed E-state index contributed by atoms with van der Waals surface area (Å²) in [4.78, 5) is 11.6. The van der Waals surface area contributed by atoms with Crippen LogP contribution in [0.25, 0.3) is 0 Å². The molecule has 0 aromatic heterocycles. The highest BCUT2D eigenvalue weighted by atomic mass is 16.3. The van der Waals surface area contributed by atoms with Crippen LogP contribution >= 0.6 is 0 Å². The third kappa shape index (κ3) is 6.92. The SMILES string of the molecule is CCCCNC(=O)C[C@H](O)[C@@H](N)CC1CCCCC1. The van der Waals surface area contributed by atoms with Crippen LogP contribution < -0.4 is 11.1 Å². The zero-order valence-electron chi connectivity index (χ0n) is 12.2. The van der Waals surface area contributed by atoms with Crippen LogP contribution in [-0.4, -0.2) is 29.7 Å². The number of carbonyl (C=O) groups is 1. The molecule has 0 spiro atoms. The fourth-order valence-corrected chi connectivity index (χ4v) is 2.78. The highest BCUT2D eigenvalue weighted by molar-refractivity contribution is 5.76. The van der Waals surface area contributed by atoms with E-state index in [-0.39, 0.29) is 18.4 Å². The first-order chi connectivity index (χ1) is 9.13. The standard InChI is InChI=1S/C15H30N2O2/c1-2-3-9-17-15(19)11-14(18)13(16)10-12-7-5-4-6-8-12/h12-14,18H,2-11,16H2,1H3,(H,17,19)/t13-,14-/m0/s1. The third-order valence-electron chi connectivity index (χ3n) is 4.07. The summed E-state index contributed by atoms with van der Waals surface area (Å²) in [5.74, 6) is 0.557. The van der Waals surface area contributed by atoms with Crippen LogP contribution in [0, 0.1) is 5.92 Å². The van der Waals surface area contributed by atoms with Gasteiger partial charge in [0.25, 0.3) is 0 Å². The van der Waals surface area contributed by atoms with Gasteiger partial charge in [0.1, 0.15) is 0 Å². The molecule has 0 aromatic rings. The summed E-state index contributed by atoms with van der Waals surface area (Å²) >= 11 is 0. The van der Waals surface area contributed by atoms with Crippen molar-refractivity contribution < 1.29 is 9.90 Å². The molecule has 1 fully saturated rings. The molecular weight excluding hydrogens is 240 g/mol. The predicted molar refractivity (Wildman–Crippen MR) is 77.7 cm³/mol. The van der Waals surface area contributed by atoms with Crippen molar-refractivity contribution in [2.45, 2.75) is 76.9 Å². The van der Waals surface area contributed by atoms with Crippen LogP contribution in [0.1, 0.15) is 64.7 Å². The van der Waals surface area contributed by atoms with E-state index < -0.39 is 6.10 Å². The molecule has 4 heteroatoms. The lowest BCUT2D eigenvalue weighted by atomic mass is 9.83. The van der Waals surface area contributed by atoms with Crippen molar-refractivity contribution in [3.63, 3.8) is 0 Å². The maximum Gasteiger partial charge on any atom is 0.222 e. The van der Waals surface area contributed by atoms with Crippen molar-refractivity contribution in [2.75, 3.05) is 6.54 Å². The lowest BCUT2D eigenvalue weighted by Gasteiger charge is -2.26. The number of rotatable bonds is 8. The normalized spacial score (nSPS) is 19.9. The molecule has 0 heterocycles. The van der Waals surface area contributed by atoms with Crippen molar-refractivity contribution in [1.29, 1.82) is 0 Å². The van der Waals surface area contributed by atoms with Gasteiger partial charge in [-0.1, -0.05) is 45.4 Å². The van der Waals surface area contributed by atoms with Gasteiger partial charge in [0, 0.05) is 12.6 Å². The van der Waals surface area contributed by atoms with Gasteiger partial charge in [-0.05, 0) is 18.8 Å². The van der Waals surface area contributed by atoms with Crippen LogP contribution in [0.4, 0.5) is 0 Å². The number of amides is 1. The molecule has 112 valence electrons. The maximum atomic E-state index is 11.6. The molecule has 2 atom stereocenters. The predicted octanol–water partition coefficient (Wildman–Crippen LogP) is 1.95. The van der Waals surface area contributed by atoms with E-state index in [2.05, 4.69) is 12.2 Å². The summed E-state index contributed by atoms with van der Waals surface area (Å²) < 4.78 is 0. The van der Waals surface area contributed by atoms with E-state index in [1.165, 1.54) is 32.1 Å². The number of aliphatic hydroxyl groups excluding tert-OH is 1. The van der Waals surface area contributed by atoms with Gasteiger partial charge < -0.3 is 16.2 Å². The quantitative estimate of drug-likeness (QED) is 0.590. The minimum absolute atomic E-state index is 0.0833. The summed E-state index contributed by atoms with van der Waals surface area (Å²) in [6, 6.07) is -0.264. The van der Waals surface area contributed by atoms with Gasteiger partial charge in [0.2, 0.25) is 5.91 Å². The molecule has 0 saturated heterocycles. The average molecular weight is 270 g/mol. The maximum absolute atomic E-state index is 11.6. The Kier molecular flexibility index (Phi) is 8.07. The van der Waals surface area contributed by atoms with Crippen molar-refractivity contribution in [3.8, 4) is 0 Å². The van der Waals surface area contributed by atoms with Gasteiger partial charge in [-0.3, -0.25) is 4.79 Å². The Morgan fingerprint density at radius 3 is 2.68 bits per heavy atom. The second-order valence-corrected chi connectivity index (χ2v) is 5.88. The molecule has 0 bridgehead atoms. The molecule has 0 unspecified atom stereocenters. The van der Waals surface area contributed by atoms with E-state index in [4.69, 9.17) is 5.73 Å². The van der Waals surface area contributed by atoms with Crippen LogP contribution in [0.2, 0.25) is 0 Å². The molecule has 4 N–H and O–H groups in total. The first-order valence-corrected chi connectivity index (χ1v) is 7.83. The molecule has 19 heavy (non-hydrogen) atoms. The van der Waals surface area contributed by atoms with E-state index in [1.807, 2.05) is 0 Å². The second-order valence-electron chi connectivity index (χ2n) is 5.88. The first kappa shape index (κ1) is 16.4.